The molecule has 0 aliphatic rings. The van der Waals surface area contributed by atoms with E-state index in [-0.39, 0.29) is 0 Å². The first-order valence-corrected chi connectivity index (χ1v) is 10.4. The molecule has 0 fully saturated rings. The van der Waals surface area contributed by atoms with Crippen molar-refractivity contribution in [2.24, 2.45) is 4.99 Å². The maximum Gasteiger partial charge on any atom is 0.211 e. The lowest BCUT2D eigenvalue weighted by Gasteiger charge is -2.20. The lowest BCUT2D eigenvalue weighted by molar-refractivity contribution is 0.866. The monoisotopic (exact) mass is 402 g/mol. The highest BCUT2D eigenvalue weighted by Gasteiger charge is 2.15. The molecular weight excluding hydrogens is 380 g/mol. The molecule has 0 radical (unpaired) electrons. The number of thiazole rings is 1. The first-order valence-electron chi connectivity index (χ1n) is 9.58. The summed E-state index contributed by atoms with van der Waals surface area (Å²) in [5.41, 5.74) is 4.14. The number of hydrogen-bond acceptors (Lipinski definition) is 6. The van der Waals surface area contributed by atoms with Crippen LogP contribution in [0.2, 0.25) is 0 Å². The van der Waals surface area contributed by atoms with Gasteiger partial charge in [0.05, 0.1) is 0 Å². The van der Waals surface area contributed by atoms with Gasteiger partial charge in [0, 0.05) is 30.6 Å². The van der Waals surface area contributed by atoms with Crippen molar-refractivity contribution in [3.05, 3.63) is 72.8 Å². The van der Waals surface area contributed by atoms with Crippen LogP contribution >= 0.6 is 11.3 Å². The summed E-state index contributed by atoms with van der Waals surface area (Å²) in [6.07, 6.45) is 5.05. The first-order chi connectivity index (χ1) is 14.3. The number of aromatic nitrogens is 4. The van der Waals surface area contributed by atoms with Crippen LogP contribution in [0.3, 0.4) is 0 Å². The minimum Gasteiger partial charge on any atom is -0.372 e. The quantitative estimate of drug-likeness (QED) is 0.409. The van der Waals surface area contributed by atoms with Crippen molar-refractivity contribution >= 4 is 28.4 Å². The molecule has 29 heavy (non-hydrogen) atoms. The molecule has 0 bridgehead atoms. The molecule has 4 aromatic rings. The van der Waals surface area contributed by atoms with Crippen LogP contribution in [0.25, 0.3) is 16.3 Å². The van der Waals surface area contributed by atoms with Crippen LogP contribution in [0.1, 0.15) is 19.4 Å². The summed E-state index contributed by atoms with van der Waals surface area (Å²) in [6.45, 7) is 6.32. The van der Waals surface area contributed by atoms with Crippen LogP contribution in [0, 0.1) is 0 Å². The lowest BCUT2D eigenvalue weighted by atomic mass is 10.2. The third-order valence-corrected chi connectivity index (χ3v) is 5.57. The van der Waals surface area contributed by atoms with Gasteiger partial charge >= 0.3 is 0 Å². The van der Waals surface area contributed by atoms with E-state index in [9.17, 15) is 0 Å². The molecule has 2 aromatic carbocycles. The van der Waals surface area contributed by atoms with Gasteiger partial charge in [0.2, 0.25) is 5.13 Å². The Hall–Kier alpha value is -3.32. The van der Waals surface area contributed by atoms with Crippen molar-refractivity contribution in [1.82, 2.24) is 19.7 Å². The van der Waals surface area contributed by atoms with Crippen molar-refractivity contribution in [3.63, 3.8) is 0 Å². The van der Waals surface area contributed by atoms with Crippen molar-refractivity contribution in [2.75, 3.05) is 18.0 Å². The van der Waals surface area contributed by atoms with Crippen LogP contribution in [-0.4, -0.2) is 39.1 Å². The third kappa shape index (κ3) is 4.25. The number of nitrogens with zero attached hydrogens (tertiary/aromatic N) is 6. The molecule has 0 unspecified atom stereocenters. The molecule has 2 heterocycles. The summed E-state index contributed by atoms with van der Waals surface area (Å²) in [4.78, 5) is 15.7. The normalized spacial score (nSPS) is 11.2. The Morgan fingerprint density at radius 3 is 2.45 bits per heavy atom. The molecule has 0 spiro atoms. The van der Waals surface area contributed by atoms with E-state index >= 15 is 0 Å². The second kappa shape index (κ2) is 8.79. The molecule has 6 nitrogen and oxygen atoms in total. The van der Waals surface area contributed by atoms with E-state index in [1.807, 2.05) is 36.5 Å². The predicted molar refractivity (Wildman–Crippen MR) is 120 cm³/mol. The number of aliphatic imine (C=N–C) groups is 1. The topological polar surface area (TPSA) is 59.2 Å². The molecule has 0 aliphatic heterocycles. The summed E-state index contributed by atoms with van der Waals surface area (Å²) in [5.74, 6) is 0. The van der Waals surface area contributed by atoms with E-state index in [0.717, 1.165) is 34.9 Å². The smallest absolute Gasteiger partial charge is 0.211 e. The van der Waals surface area contributed by atoms with Crippen LogP contribution in [0.15, 0.2) is 72.2 Å². The van der Waals surface area contributed by atoms with Gasteiger partial charge in [0.15, 0.2) is 0 Å². The van der Waals surface area contributed by atoms with Gasteiger partial charge in [-0.1, -0.05) is 53.8 Å². The van der Waals surface area contributed by atoms with Crippen LogP contribution < -0.4 is 4.90 Å². The molecule has 0 aliphatic carbocycles. The Morgan fingerprint density at radius 1 is 1.03 bits per heavy atom. The Balaban J connectivity index is 1.62. The van der Waals surface area contributed by atoms with Gasteiger partial charge in [-0.05, 0) is 31.5 Å². The molecule has 0 atom stereocenters. The van der Waals surface area contributed by atoms with E-state index in [1.54, 1.807) is 11.0 Å². The molecule has 0 N–H and O–H groups in total. The van der Waals surface area contributed by atoms with Gasteiger partial charge in [-0.25, -0.2) is 19.6 Å². The van der Waals surface area contributed by atoms with Gasteiger partial charge in [-0.2, -0.15) is 5.10 Å². The fraction of sp³-hybridized carbons (Fsp3) is 0.182. The molecule has 7 heteroatoms. The standard InChI is InChI=1S/C22H22N6S/c1-3-27(4-2)19-12-10-17(11-13-19)14-24-22-26-20(18-8-6-5-7-9-18)21(29-22)28-16-23-15-25-28/h5-16H,3-4H2,1-2H3. The fourth-order valence-corrected chi connectivity index (χ4v) is 3.96. The Kier molecular flexibility index (Phi) is 5.76. The van der Waals surface area contributed by atoms with Crippen molar-refractivity contribution < 1.29 is 0 Å². The molecule has 4 rings (SSSR count). The second-order valence-corrected chi connectivity index (χ2v) is 7.33. The Labute approximate surface area is 174 Å². The van der Waals surface area contributed by atoms with Gasteiger partial charge in [0.25, 0.3) is 0 Å². The van der Waals surface area contributed by atoms with Crippen LogP contribution in [0.4, 0.5) is 10.8 Å². The Morgan fingerprint density at radius 2 is 1.79 bits per heavy atom. The summed E-state index contributed by atoms with van der Waals surface area (Å²) in [6, 6.07) is 18.5. The zero-order chi connectivity index (χ0) is 20.1. The molecule has 0 saturated heterocycles. The summed E-state index contributed by atoms with van der Waals surface area (Å²) < 4.78 is 1.73. The highest BCUT2D eigenvalue weighted by atomic mass is 32.1. The third-order valence-electron chi connectivity index (χ3n) is 4.62. The average Bonchev–Trinajstić information content (AvgIpc) is 3.44. The molecule has 2 aromatic heterocycles. The average molecular weight is 403 g/mol. The zero-order valence-corrected chi connectivity index (χ0v) is 17.3. The largest absolute Gasteiger partial charge is 0.372 e. The van der Waals surface area contributed by atoms with E-state index in [1.165, 1.54) is 23.4 Å². The zero-order valence-electron chi connectivity index (χ0n) is 16.4. The van der Waals surface area contributed by atoms with E-state index < -0.39 is 0 Å². The van der Waals surface area contributed by atoms with E-state index in [4.69, 9.17) is 4.98 Å². The summed E-state index contributed by atoms with van der Waals surface area (Å²) >= 11 is 1.49. The summed E-state index contributed by atoms with van der Waals surface area (Å²) in [7, 11) is 0. The molecule has 0 amide bonds. The lowest BCUT2D eigenvalue weighted by Crippen LogP contribution is -2.21. The minimum atomic E-state index is 0.683. The maximum absolute atomic E-state index is 4.75. The SMILES string of the molecule is CCN(CC)c1ccc(C=Nc2nc(-c3ccccc3)c(-n3cncn3)s2)cc1. The predicted octanol–water partition coefficient (Wildman–Crippen LogP) is 4.99. The van der Waals surface area contributed by atoms with Crippen LogP contribution in [-0.2, 0) is 0 Å². The Bertz CT molecular complexity index is 1060. The number of hydrogen-bond donors (Lipinski definition) is 0. The number of benzene rings is 2. The molecule has 146 valence electrons. The number of rotatable bonds is 7. The van der Waals surface area contributed by atoms with Crippen LogP contribution in [0.5, 0.6) is 0 Å². The van der Waals surface area contributed by atoms with Crippen molar-refractivity contribution in [2.45, 2.75) is 13.8 Å². The van der Waals surface area contributed by atoms with Crippen molar-refractivity contribution in [1.29, 1.82) is 0 Å². The highest BCUT2D eigenvalue weighted by molar-refractivity contribution is 7.18. The highest BCUT2D eigenvalue weighted by Crippen LogP contribution is 2.35. The second-order valence-electron chi connectivity index (χ2n) is 6.38. The van der Waals surface area contributed by atoms with Gasteiger partial charge < -0.3 is 4.90 Å². The first kappa shape index (κ1) is 19.0. The number of anilines is 1. The fourth-order valence-electron chi connectivity index (χ4n) is 3.10. The molecule has 0 saturated carbocycles. The minimum absolute atomic E-state index is 0.683. The molecular formula is C22H22N6S. The maximum atomic E-state index is 4.75. The van der Waals surface area contributed by atoms with Gasteiger partial charge in [0.1, 0.15) is 23.3 Å². The van der Waals surface area contributed by atoms with Gasteiger partial charge in [-0.3, -0.25) is 0 Å². The van der Waals surface area contributed by atoms with Crippen molar-refractivity contribution in [3.8, 4) is 16.3 Å². The van der Waals surface area contributed by atoms with E-state index in [2.05, 4.69) is 58.1 Å². The summed E-state index contributed by atoms with van der Waals surface area (Å²) in [5, 5.41) is 5.85. The van der Waals surface area contributed by atoms with E-state index in [0.29, 0.717) is 5.13 Å². The van der Waals surface area contributed by atoms with Gasteiger partial charge in [-0.15, -0.1) is 0 Å².